The van der Waals surface area contributed by atoms with E-state index in [1.165, 1.54) is 7.11 Å². The van der Waals surface area contributed by atoms with Crippen LogP contribution in [0, 0.1) is 0 Å². The molecule has 146 valence electrons. The summed E-state index contributed by atoms with van der Waals surface area (Å²) < 4.78 is 16.0. The second-order valence-corrected chi connectivity index (χ2v) is 6.27. The van der Waals surface area contributed by atoms with Crippen LogP contribution in [0.1, 0.15) is 11.1 Å². The molecule has 2 N–H and O–H groups in total. The molecule has 1 unspecified atom stereocenters. The van der Waals surface area contributed by atoms with Gasteiger partial charge in [-0.3, -0.25) is 5.32 Å². The van der Waals surface area contributed by atoms with Gasteiger partial charge in [0, 0.05) is 12.7 Å². The highest BCUT2D eigenvalue weighted by atomic mass is 16.6. The van der Waals surface area contributed by atoms with Gasteiger partial charge in [0.05, 0.1) is 13.2 Å². The molecule has 0 bridgehead atoms. The highest BCUT2D eigenvalue weighted by molar-refractivity contribution is 5.84. The molecule has 1 amide bonds. The van der Waals surface area contributed by atoms with Gasteiger partial charge < -0.3 is 19.3 Å². The van der Waals surface area contributed by atoms with E-state index in [0.717, 1.165) is 16.3 Å². The summed E-state index contributed by atoms with van der Waals surface area (Å²) in [4.78, 5) is 12.0. The standard InChI is InChI=1S/C22H23NO5/c1-26-21(15-27-13-16-7-3-2-4-8-16)23-22(25)28-14-19-11-17-9-5-6-10-18(17)12-20(19)24/h2-12,21,24H,13-15H2,1H3,(H,23,25). The highest BCUT2D eigenvalue weighted by Gasteiger charge is 2.14. The molecule has 6 heteroatoms. The fourth-order valence-corrected chi connectivity index (χ4v) is 2.73. The number of hydrogen-bond donors (Lipinski definition) is 2. The summed E-state index contributed by atoms with van der Waals surface area (Å²) in [5, 5.41) is 14.6. The van der Waals surface area contributed by atoms with E-state index < -0.39 is 12.3 Å². The SMILES string of the molecule is COC(COCc1ccccc1)NC(=O)OCc1cc2ccccc2cc1O. The maximum absolute atomic E-state index is 12.0. The molecular formula is C22H23NO5. The number of ether oxygens (including phenoxy) is 3. The first-order chi connectivity index (χ1) is 13.7. The third kappa shape index (κ3) is 5.45. The molecule has 3 aromatic rings. The minimum Gasteiger partial charge on any atom is -0.508 e. The molecule has 0 saturated carbocycles. The van der Waals surface area contributed by atoms with Crippen LogP contribution in [-0.2, 0) is 27.4 Å². The molecule has 0 fully saturated rings. The van der Waals surface area contributed by atoms with Gasteiger partial charge >= 0.3 is 6.09 Å². The summed E-state index contributed by atoms with van der Waals surface area (Å²) in [5.41, 5.74) is 1.56. The zero-order chi connectivity index (χ0) is 19.8. The molecule has 0 heterocycles. The molecule has 0 spiro atoms. The molecule has 1 atom stereocenters. The first-order valence-electron chi connectivity index (χ1n) is 8.94. The van der Waals surface area contributed by atoms with Crippen LogP contribution in [0.2, 0.25) is 0 Å². The van der Waals surface area contributed by atoms with Gasteiger partial charge in [-0.05, 0) is 28.5 Å². The molecule has 0 saturated heterocycles. The first-order valence-corrected chi connectivity index (χ1v) is 8.94. The lowest BCUT2D eigenvalue weighted by atomic mass is 10.1. The van der Waals surface area contributed by atoms with Crippen molar-refractivity contribution in [2.75, 3.05) is 13.7 Å². The van der Waals surface area contributed by atoms with Crippen molar-refractivity contribution in [1.82, 2.24) is 5.32 Å². The molecule has 0 aliphatic heterocycles. The number of phenolic OH excluding ortho intramolecular Hbond substituents is 1. The van der Waals surface area contributed by atoms with E-state index in [-0.39, 0.29) is 19.0 Å². The van der Waals surface area contributed by atoms with Crippen molar-refractivity contribution in [1.29, 1.82) is 0 Å². The van der Waals surface area contributed by atoms with Crippen LogP contribution < -0.4 is 5.32 Å². The topological polar surface area (TPSA) is 77.0 Å². The summed E-state index contributed by atoms with van der Waals surface area (Å²) in [7, 11) is 1.48. The van der Waals surface area contributed by atoms with Crippen molar-refractivity contribution in [3.63, 3.8) is 0 Å². The summed E-state index contributed by atoms with van der Waals surface area (Å²) in [5.74, 6) is 0.0842. The summed E-state index contributed by atoms with van der Waals surface area (Å²) >= 11 is 0. The van der Waals surface area contributed by atoms with E-state index in [9.17, 15) is 9.90 Å². The second kappa shape index (κ2) is 9.73. The van der Waals surface area contributed by atoms with E-state index in [2.05, 4.69) is 5.32 Å². The van der Waals surface area contributed by atoms with Crippen LogP contribution in [0.3, 0.4) is 0 Å². The Labute approximate surface area is 163 Å². The van der Waals surface area contributed by atoms with E-state index in [1.54, 1.807) is 12.1 Å². The van der Waals surface area contributed by atoms with Gasteiger partial charge in [0.2, 0.25) is 0 Å². The predicted molar refractivity (Wildman–Crippen MR) is 106 cm³/mol. The van der Waals surface area contributed by atoms with E-state index in [4.69, 9.17) is 14.2 Å². The molecular weight excluding hydrogens is 358 g/mol. The van der Waals surface area contributed by atoms with Crippen LogP contribution in [-0.4, -0.2) is 31.1 Å². The quantitative estimate of drug-likeness (QED) is 0.578. The predicted octanol–water partition coefficient (Wildman–Crippen LogP) is 3.96. The summed E-state index contributed by atoms with van der Waals surface area (Å²) in [6.45, 7) is 0.550. The normalized spacial score (nSPS) is 11.9. The number of carbonyl (C=O) groups excluding carboxylic acids is 1. The molecule has 28 heavy (non-hydrogen) atoms. The Bertz CT molecular complexity index is 913. The fraction of sp³-hybridized carbons (Fsp3) is 0.227. The number of alkyl carbamates (subject to hydrolysis) is 1. The van der Waals surface area contributed by atoms with Gasteiger partial charge in [-0.25, -0.2) is 4.79 Å². The van der Waals surface area contributed by atoms with Gasteiger partial charge in [-0.1, -0.05) is 54.6 Å². The number of hydrogen-bond acceptors (Lipinski definition) is 5. The van der Waals surface area contributed by atoms with Crippen LogP contribution in [0.4, 0.5) is 4.79 Å². The zero-order valence-corrected chi connectivity index (χ0v) is 15.6. The van der Waals surface area contributed by atoms with E-state index in [1.807, 2.05) is 54.6 Å². The van der Waals surface area contributed by atoms with Crippen LogP contribution in [0.5, 0.6) is 5.75 Å². The largest absolute Gasteiger partial charge is 0.508 e. The Morgan fingerprint density at radius 1 is 1.00 bits per heavy atom. The Balaban J connectivity index is 1.48. The van der Waals surface area contributed by atoms with Crippen molar-refractivity contribution in [2.24, 2.45) is 0 Å². The number of fused-ring (bicyclic) bond motifs is 1. The van der Waals surface area contributed by atoms with E-state index >= 15 is 0 Å². The van der Waals surface area contributed by atoms with Crippen LogP contribution in [0.15, 0.2) is 66.7 Å². The molecule has 6 nitrogen and oxygen atoms in total. The first kappa shape index (κ1) is 19.7. The maximum Gasteiger partial charge on any atom is 0.409 e. The van der Waals surface area contributed by atoms with Gasteiger partial charge in [-0.2, -0.15) is 0 Å². The number of nitrogens with one attached hydrogen (secondary N) is 1. The van der Waals surface area contributed by atoms with Gasteiger partial charge in [0.15, 0.2) is 6.23 Å². The Hall–Kier alpha value is -3.09. The number of aromatic hydroxyl groups is 1. The van der Waals surface area contributed by atoms with Crippen molar-refractivity contribution < 1.29 is 24.1 Å². The second-order valence-electron chi connectivity index (χ2n) is 6.27. The smallest absolute Gasteiger partial charge is 0.409 e. The number of methoxy groups -OCH3 is 1. The summed E-state index contributed by atoms with van der Waals surface area (Å²) in [6, 6.07) is 20.8. The van der Waals surface area contributed by atoms with Crippen molar-refractivity contribution in [3.05, 3.63) is 77.9 Å². The van der Waals surface area contributed by atoms with E-state index in [0.29, 0.717) is 12.2 Å². The van der Waals surface area contributed by atoms with Crippen LogP contribution in [0.25, 0.3) is 10.8 Å². The van der Waals surface area contributed by atoms with Gasteiger partial charge in [0.1, 0.15) is 12.4 Å². The van der Waals surface area contributed by atoms with Crippen molar-refractivity contribution >= 4 is 16.9 Å². The average molecular weight is 381 g/mol. The lowest BCUT2D eigenvalue weighted by Gasteiger charge is -2.17. The molecule has 0 aliphatic carbocycles. The Morgan fingerprint density at radius 3 is 2.39 bits per heavy atom. The minimum atomic E-state index is -0.650. The van der Waals surface area contributed by atoms with Crippen LogP contribution >= 0.6 is 0 Å². The highest BCUT2D eigenvalue weighted by Crippen LogP contribution is 2.25. The Kier molecular flexibility index (Phi) is 6.84. The molecule has 0 aliphatic rings. The number of benzene rings is 3. The van der Waals surface area contributed by atoms with Crippen molar-refractivity contribution in [2.45, 2.75) is 19.4 Å². The number of rotatable bonds is 8. The monoisotopic (exact) mass is 381 g/mol. The molecule has 3 rings (SSSR count). The average Bonchev–Trinajstić information content (AvgIpc) is 2.72. The van der Waals surface area contributed by atoms with Crippen molar-refractivity contribution in [3.8, 4) is 5.75 Å². The lowest BCUT2D eigenvalue weighted by molar-refractivity contribution is -0.0157. The molecule has 3 aromatic carbocycles. The van der Waals surface area contributed by atoms with Gasteiger partial charge in [0.25, 0.3) is 0 Å². The third-order valence-electron chi connectivity index (χ3n) is 4.25. The molecule has 0 radical (unpaired) electrons. The third-order valence-corrected chi connectivity index (χ3v) is 4.25. The zero-order valence-electron chi connectivity index (χ0n) is 15.6. The number of phenols is 1. The maximum atomic E-state index is 12.0. The van der Waals surface area contributed by atoms with Gasteiger partial charge in [-0.15, -0.1) is 0 Å². The fourth-order valence-electron chi connectivity index (χ4n) is 2.73. The number of carbonyl (C=O) groups is 1. The number of amides is 1. The molecule has 0 aromatic heterocycles. The lowest BCUT2D eigenvalue weighted by Crippen LogP contribution is -2.39. The minimum absolute atomic E-state index is 0.0518. The summed E-state index contributed by atoms with van der Waals surface area (Å²) in [6.07, 6.45) is -1.29. The Morgan fingerprint density at radius 2 is 1.68 bits per heavy atom.